The van der Waals surface area contributed by atoms with Crippen LogP contribution in [0.5, 0.6) is 0 Å². The zero-order chi connectivity index (χ0) is 16.2. The van der Waals surface area contributed by atoms with E-state index < -0.39 is 0 Å². The van der Waals surface area contributed by atoms with E-state index >= 15 is 0 Å². The van der Waals surface area contributed by atoms with E-state index in [1.165, 1.54) is 0 Å². The van der Waals surface area contributed by atoms with Crippen molar-refractivity contribution >= 4 is 22.9 Å². The van der Waals surface area contributed by atoms with Crippen molar-refractivity contribution in [3.05, 3.63) is 65.9 Å². The number of nitrogen functional groups attached to an aromatic ring is 3. The van der Waals surface area contributed by atoms with Crippen LogP contribution in [0.3, 0.4) is 0 Å². The maximum atomic E-state index is 6.08. The van der Waals surface area contributed by atoms with E-state index in [2.05, 4.69) is 10.4 Å². The third-order valence-electron chi connectivity index (χ3n) is 3.65. The molecule has 2 aromatic carbocycles. The first kappa shape index (κ1) is 14.8. The van der Waals surface area contributed by atoms with Crippen molar-refractivity contribution in [3.8, 4) is 0 Å². The molecule has 118 valence electrons. The highest BCUT2D eigenvalue weighted by Crippen LogP contribution is 2.22. The van der Waals surface area contributed by atoms with Crippen LogP contribution in [0.15, 0.2) is 54.6 Å². The van der Waals surface area contributed by atoms with E-state index in [1.54, 1.807) is 4.68 Å². The third kappa shape index (κ3) is 3.37. The Kier molecular flexibility index (Phi) is 4.05. The molecule has 6 heteroatoms. The van der Waals surface area contributed by atoms with Crippen LogP contribution >= 0.6 is 0 Å². The SMILES string of the molecule is Nc1ccc(NCc2nn(Cc3ccccc3)c(N)c2N)cc1. The molecule has 0 saturated heterocycles. The van der Waals surface area contributed by atoms with Crippen LogP contribution in [0.4, 0.5) is 22.9 Å². The molecule has 7 N–H and O–H groups in total. The van der Waals surface area contributed by atoms with Gasteiger partial charge in [-0.2, -0.15) is 5.10 Å². The van der Waals surface area contributed by atoms with Crippen LogP contribution in [-0.4, -0.2) is 9.78 Å². The van der Waals surface area contributed by atoms with Crippen LogP contribution in [-0.2, 0) is 13.1 Å². The molecule has 0 bridgehead atoms. The molecular formula is C17H20N6. The van der Waals surface area contributed by atoms with E-state index in [-0.39, 0.29) is 0 Å². The van der Waals surface area contributed by atoms with Crippen LogP contribution in [0, 0.1) is 0 Å². The van der Waals surface area contributed by atoms with Crippen molar-refractivity contribution in [3.63, 3.8) is 0 Å². The summed E-state index contributed by atoms with van der Waals surface area (Å²) in [6, 6.07) is 17.5. The highest BCUT2D eigenvalue weighted by molar-refractivity contribution is 5.63. The Hall–Kier alpha value is -3.15. The van der Waals surface area contributed by atoms with Gasteiger partial charge in [0.25, 0.3) is 0 Å². The number of aromatic nitrogens is 2. The molecule has 0 amide bonds. The Balaban J connectivity index is 1.73. The molecule has 0 saturated carbocycles. The van der Waals surface area contributed by atoms with Crippen molar-refractivity contribution in [2.45, 2.75) is 13.1 Å². The zero-order valence-electron chi connectivity index (χ0n) is 12.7. The number of nitrogens with one attached hydrogen (secondary N) is 1. The molecule has 0 aliphatic heterocycles. The van der Waals surface area contributed by atoms with Crippen LogP contribution in [0.2, 0.25) is 0 Å². The standard InChI is InChI=1S/C17H20N6/c18-13-6-8-14(9-7-13)21-10-15-16(19)17(20)23(22-15)11-12-4-2-1-3-5-12/h1-9,21H,10-11,18-20H2. The summed E-state index contributed by atoms with van der Waals surface area (Å²) in [5.74, 6) is 0.489. The van der Waals surface area contributed by atoms with E-state index in [0.29, 0.717) is 24.6 Å². The van der Waals surface area contributed by atoms with Gasteiger partial charge < -0.3 is 22.5 Å². The van der Waals surface area contributed by atoms with Gasteiger partial charge in [-0.3, -0.25) is 0 Å². The molecule has 23 heavy (non-hydrogen) atoms. The molecule has 0 fully saturated rings. The molecule has 6 nitrogen and oxygen atoms in total. The lowest BCUT2D eigenvalue weighted by Crippen LogP contribution is -2.07. The van der Waals surface area contributed by atoms with Gasteiger partial charge in [0.1, 0.15) is 11.5 Å². The fourth-order valence-electron chi connectivity index (χ4n) is 2.33. The molecule has 1 aromatic heterocycles. The Bertz CT molecular complexity index is 777. The van der Waals surface area contributed by atoms with Gasteiger partial charge in [-0.15, -0.1) is 0 Å². The van der Waals surface area contributed by atoms with Gasteiger partial charge in [0.15, 0.2) is 0 Å². The van der Waals surface area contributed by atoms with Crippen LogP contribution in [0.1, 0.15) is 11.3 Å². The third-order valence-corrected chi connectivity index (χ3v) is 3.65. The fourth-order valence-corrected chi connectivity index (χ4v) is 2.33. The maximum Gasteiger partial charge on any atom is 0.145 e. The van der Waals surface area contributed by atoms with Crippen molar-refractivity contribution < 1.29 is 0 Å². The molecule has 0 spiro atoms. The van der Waals surface area contributed by atoms with Gasteiger partial charge in [-0.25, -0.2) is 4.68 Å². The van der Waals surface area contributed by atoms with Crippen molar-refractivity contribution in [1.82, 2.24) is 9.78 Å². The van der Waals surface area contributed by atoms with E-state index in [4.69, 9.17) is 17.2 Å². The topological polar surface area (TPSA) is 108 Å². The summed E-state index contributed by atoms with van der Waals surface area (Å²) in [7, 11) is 0. The summed E-state index contributed by atoms with van der Waals surface area (Å²) in [5.41, 5.74) is 21.9. The van der Waals surface area contributed by atoms with Gasteiger partial charge >= 0.3 is 0 Å². The summed E-state index contributed by atoms with van der Waals surface area (Å²) in [6.07, 6.45) is 0. The number of nitrogens with zero attached hydrogens (tertiary/aromatic N) is 2. The summed E-state index contributed by atoms with van der Waals surface area (Å²) in [5, 5.41) is 7.78. The summed E-state index contributed by atoms with van der Waals surface area (Å²) in [4.78, 5) is 0. The first-order valence-corrected chi connectivity index (χ1v) is 7.37. The van der Waals surface area contributed by atoms with Gasteiger partial charge in [0.05, 0.1) is 18.8 Å². The minimum Gasteiger partial charge on any atom is -0.399 e. The highest BCUT2D eigenvalue weighted by atomic mass is 15.3. The number of hydrogen-bond acceptors (Lipinski definition) is 5. The molecule has 0 unspecified atom stereocenters. The summed E-state index contributed by atoms with van der Waals surface area (Å²) < 4.78 is 1.73. The van der Waals surface area contributed by atoms with Gasteiger partial charge in [-0.05, 0) is 29.8 Å². The summed E-state index contributed by atoms with van der Waals surface area (Å²) in [6.45, 7) is 1.10. The lowest BCUT2D eigenvalue weighted by Gasteiger charge is -2.05. The Morgan fingerprint density at radius 3 is 2.30 bits per heavy atom. The number of anilines is 4. The lowest BCUT2D eigenvalue weighted by atomic mass is 10.2. The minimum absolute atomic E-state index is 0.489. The van der Waals surface area contributed by atoms with Crippen LogP contribution in [0.25, 0.3) is 0 Å². The molecule has 3 aromatic rings. The molecule has 0 aliphatic rings. The average Bonchev–Trinajstić information content (AvgIpc) is 2.83. The first-order chi connectivity index (χ1) is 11.1. The zero-order valence-corrected chi connectivity index (χ0v) is 12.7. The smallest absolute Gasteiger partial charge is 0.145 e. The second-order valence-corrected chi connectivity index (χ2v) is 5.36. The fraction of sp³-hybridized carbons (Fsp3) is 0.118. The second-order valence-electron chi connectivity index (χ2n) is 5.36. The van der Waals surface area contributed by atoms with Crippen molar-refractivity contribution in [2.24, 2.45) is 0 Å². The first-order valence-electron chi connectivity index (χ1n) is 7.37. The number of nitrogens with two attached hydrogens (primary N) is 3. The quantitative estimate of drug-likeness (QED) is 0.541. The summed E-state index contributed by atoms with van der Waals surface area (Å²) >= 11 is 0. The number of benzene rings is 2. The normalized spacial score (nSPS) is 10.6. The highest BCUT2D eigenvalue weighted by Gasteiger charge is 2.12. The average molecular weight is 308 g/mol. The van der Waals surface area contributed by atoms with Crippen molar-refractivity contribution in [2.75, 3.05) is 22.5 Å². The van der Waals surface area contributed by atoms with Gasteiger partial charge in [-0.1, -0.05) is 30.3 Å². The minimum atomic E-state index is 0.489. The van der Waals surface area contributed by atoms with Gasteiger partial charge in [0.2, 0.25) is 0 Å². The second kappa shape index (κ2) is 6.31. The Labute approximate surface area is 134 Å². The molecule has 0 aliphatic carbocycles. The van der Waals surface area contributed by atoms with E-state index in [0.717, 1.165) is 22.6 Å². The predicted octanol–water partition coefficient (Wildman–Crippen LogP) is 2.29. The molecule has 3 rings (SSSR count). The largest absolute Gasteiger partial charge is 0.399 e. The number of hydrogen-bond donors (Lipinski definition) is 4. The monoisotopic (exact) mass is 308 g/mol. The molecule has 0 radical (unpaired) electrons. The molecular weight excluding hydrogens is 288 g/mol. The van der Waals surface area contributed by atoms with E-state index in [1.807, 2.05) is 54.6 Å². The maximum absolute atomic E-state index is 6.08. The lowest BCUT2D eigenvalue weighted by molar-refractivity contribution is 0.683. The molecule has 1 heterocycles. The predicted molar refractivity (Wildman–Crippen MR) is 94.8 cm³/mol. The number of rotatable bonds is 5. The van der Waals surface area contributed by atoms with Crippen LogP contribution < -0.4 is 22.5 Å². The van der Waals surface area contributed by atoms with E-state index in [9.17, 15) is 0 Å². The molecule has 0 atom stereocenters. The van der Waals surface area contributed by atoms with Gasteiger partial charge in [0, 0.05) is 11.4 Å². The Morgan fingerprint density at radius 1 is 0.913 bits per heavy atom. The van der Waals surface area contributed by atoms with Crippen molar-refractivity contribution in [1.29, 1.82) is 0 Å². The Morgan fingerprint density at radius 2 is 1.61 bits per heavy atom.